The number of nitrogens with zero attached hydrogens (tertiary/aromatic N) is 3. The normalized spacial score (nSPS) is 12.4. The zero-order valence-electron chi connectivity index (χ0n) is 9.46. The molecule has 0 saturated heterocycles. The molecule has 76 valence electrons. The molecular weight excluding hydrogens is 162 g/mol. The first kappa shape index (κ1) is 12.3. The third-order valence-electron chi connectivity index (χ3n) is 2.03. The van der Waals surface area contributed by atoms with E-state index in [1.165, 1.54) is 6.42 Å². The van der Waals surface area contributed by atoms with Gasteiger partial charge < -0.3 is 0 Å². The van der Waals surface area contributed by atoms with Gasteiger partial charge in [-0.25, -0.2) is 0 Å². The van der Waals surface area contributed by atoms with Crippen molar-refractivity contribution in [2.75, 3.05) is 0 Å². The minimum absolute atomic E-state index is 0.222. The molecule has 0 unspecified atom stereocenters. The fraction of sp³-hybridized carbons (Fsp3) is 1.00. The maximum atomic E-state index is 8.32. The summed E-state index contributed by atoms with van der Waals surface area (Å²) in [6.45, 7) is 10.7. The van der Waals surface area contributed by atoms with Crippen LogP contribution in [0.1, 0.15) is 53.9 Å². The lowest BCUT2D eigenvalue weighted by atomic mass is 9.87. The fourth-order valence-corrected chi connectivity index (χ4v) is 1.22. The van der Waals surface area contributed by atoms with Gasteiger partial charge in [-0.1, -0.05) is 46.2 Å². The van der Waals surface area contributed by atoms with Gasteiger partial charge in [-0.2, -0.15) is 0 Å². The van der Waals surface area contributed by atoms with Gasteiger partial charge in [0.15, 0.2) is 0 Å². The third-order valence-corrected chi connectivity index (χ3v) is 2.03. The molecule has 0 bridgehead atoms. The van der Waals surface area contributed by atoms with Crippen LogP contribution in [0.2, 0.25) is 0 Å². The highest BCUT2D eigenvalue weighted by atomic mass is 15.2. The van der Waals surface area contributed by atoms with Crippen LogP contribution in [0.4, 0.5) is 0 Å². The standard InChI is InChI=1S/C10H21N3/c1-9(2,3)7-6-8-10(4,5)12-13-11/h6-8H2,1-5H3. The Hall–Kier alpha value is -0.690. The monoisotopic (exact) mass is 183 g/mol. The van der Waals surface area contributed by atoms with Gasteiger partial charge in [0, 0.05) is 10.5 Å². The van der Waals surface area contributed by atoms with Crippen LogP contribution in [0, 0.1) is 5.41 Å². The van der Waals surface area contributed by atoms with Crippen LogP contribution < -0.4 is 0 Å². The van der Waals surface area contributed by atoms with Crippen molar-refractivity contribution in [1.82, 2.24) is 0 Å². The van der Waals surface area contributed by atoms with Crippen LogP contribution >= 0.6 is 0 Å². The highest BCUT2D eigenvalue weighted by Gasteiger charge is 2.17. The molecule has 0 saturated carbocycles. The summed E-state index contributed by atoms with van der Waals surface area (Å²) in [7, 11) is 0. The van der Waals surface area contributed by atoms with E-state index < -0.39 is 0 Å². The molecule has 0 rings (SSSR count). The van der Waals surface area contributed by atoms with E-state index in [1.807, 2.05) is 13.8 Å². The molecule has 0 N–H and O–H groups in total. The summed E-state index contributed by atoms with van der Waals surface area (Å²) in [5.41, 5.74) is 8.48. The quantitative estimate of drug-likeness (QED) is 0.354. The third kappa shape index (κ3) is 7.66. The molecule has 0 fully saturated rings. The zero-order valence-corrected chi connectivity index (χ0v) is 9.46. The van der Waals surface area contributed by atoms with Crippen molar-refractivity contribution in [1.29, 1.82) is 0 Å². The number of hydrogen-bond acceptors (Lipinski definition) is 1. The van der Waals surface area contributed by atoms with E-state index in [-0.39, 0.29) is 5.54 Å². The summed E-state index contributed by atoms with van der Waals surface area (Å²) in [6.07, 6.45) is 3.27. The summed E-state index contributed by atoms with van der Waals surface area (Å²) in [4.78, 5) is 2.85. The minimum Gasteiger partial charge on any atom is -0.0878 e. The van der Waals surface area contributed by atoms with E-state index in [4.69, 9.17) is 5.53 Å². The summed E-state index contributed by atoms with van der Waals surface area (Å²) >= 11 is 0. The molecule has 0 amide bonds. The molecule has 0 aromatic heterocycles. The topological polar surface area (TPSA) is 48.8 Å². The SMILES string of the molecule is CC(C)(C)CCCC(C)(C)N=[N+]=[N-]. The van der Waals surface area contributed by atoms with Gasteiger partial charge in [-0.15, -0.1) is 0 Å². The Morgan fingerprint density at radius 1 is 1.08 bits per heavy atom. The lowest BCUT2D eigenvalue weighted by Crippen LogP contribution is -2.16. The summed E-state index contributed by atoms with van der Waals surface area (Å²) in [5.74, 6) is 0. The second-order valence-corrected chi connectivity index (χ2v) is 5.42. The van der Waals surface area contributed by atoms with Crippen LogP contribution in [-0.2, 0) is 0 Å². The Labute approximate surface area is 81.2 Å². The van der Waals surface area contributed by atoms with Crippen molar-refractivity contribution in [2.24, 2.45) is 10.5 Å². The molecule has 3 heteroatoms. The number of hydrogen-bond donors (Lipinski definition) is 0. The van der Waals surface area contributed by atoms with E-state index in [2.05, 4.69) is 30.8 Å². The van der Waals surface area contributed by atoms with E-state index >= 15 is 0 Å². The second-order valence-electron chi connectivity index (χ2n) is 5.42. The van der Waals surface area contributed by atoms with Gasteiger partial charge in [0.1, 0.15) is 0 Å². The van der Waals surface area contributed by atoms with Gasteiger partial charge in [-0.3, -0.25) is 0 Å². The molecule has 13 heavy (non-hydrogen) atoms. The molecule has 0 atom stereocenters. The van der Waals surface area contributed by atoms with Crippen molar-refractivity contribution in [2.45, 2.75) is 59.4 Å². The fourth-order valence-electron chi connectivity index (χ4n) is 1.22. The maximum absolute atomic E-state index is 8.32. The van der Waals surface area contributed by atoms with Gasteiger partial charge in [0.25, 0.3) is 0 Å². The van der Waals surface area contributed by atoms with E-state index in [0.29, 0.717) is 5.41 Å². The lowest BCUT2D eigenvalue weighted by molar-refractivity contribution is 0.334. The second kappa shape index (κ2) is 4.52. The van der Waals surface area contributed by atoms with Crippen molar-refractivity contribution in [3.63, 3.8) is 0 Å². The van der Waals surface area contributed by atoms with Gasteiger partial charge >= 0.3 is 0 Å². The number of rotatable bonds is 4. The predicted molar refractivity (Wildman–Crippen MR) is 56.5 cm³/mol. The Morgan fingerprint density at radius 2 is 1.62 bits per heavy atom. The first-order chi connectivity index (χ1) is 5.77. The Morgan fingerprint density at radius 3 is 2.00 bits per heavy atom. The average molecular weight is 183 g/mol. The average Bonchev–Trinajstić information content (AvgIpc) is 1.82. The molecule has 0 aliphatic carbocycles. The zero-order chi connectivity index (χ0) is 10.5. The predicted octanol–water partition coefficient (Wildman–Crippen LogP) is 4.29. The molecule has 0 spiro atoms. The van der Waals surface area contributed by atoms with Gasteiger partial charge in [0.05, 0.1) is 0 Å². The summed E-state index contributed by atoms with van der Waals surface area (Å²) in [6, 6.07) is 0. The van der Waals surface area contributed by atoms with Crippen molar-refractivity contribution >= 4 is 0 Å². The molecule has 0 aromatic rings. The molecule has 0 radical (unpaired) electrons. The van der Waals surface area contributed by atoms with E-state index in [1.54, 1.807) is 0 Å². The minimum atomic E-state index is -0.222. The van der Waals surface area contributed by atoms with Crippen molar-refractivity contribution in [3.05, 3.63) is 10.4 Å². The van der Waals surface area contributed by atoms with Crippen LogP contribution in [0.25, 0.3) is 10.4 Å². The molecule has 0 aliphatic rings. The van der Waals surface area contributed by atoms with Crippen LogP contribution in [0.5, 0.6) is 0 Å². The molecule has 0 aromatic carbocycles. The van der Waals surface area contributed by atoms with Crippen molar-refractivity contribution in [3.8, 4) is 0 Å². The molecular formula is C10H21N3. The number of azide groups is 1. The molecule has 0 heterocycles. The Kier molecular flexibility index (Phi) is 4.28. The van der Waals surface area contributed by atoms with Gasteiger partial charge in [0.2, 0.25) is 0 Å². The summed E-state index contributed by atoms with van der Waals surface area (Å²) < 4.78 is 0. The van der Waals surface area contributed by atoms with Gasteiger partial charge in [-0.05, 0) is 23.8 Å². The first-order valence-corrected chi connectivity index (χ1v) is 4.83. The largest absolute Gasteiger partial charge is 0.0878 e. The summed E-state index contributed by atoms with van der Waals surface area (Å²) in [5, 5.41) is 3.76. The van der Waals surface area contributed by atoms with Crippen LogP contribution in [-0.4, -0.2) is 5.54 Å². The molecule has 3 nitrogen and oxygen atoms in total. The highest BCUT2D eigenvalue weighted by molar-refractivity contribution is 4.78. The Bertz CT molecular complexity index is 195. The van der Waals surface area contributed by atoms with Crippen molar-refractivity contribution < 1.29 is 0 Å². The Balaban J connectivity index is 3.83. The van der Waals surface area contributed by atoms with Crippen LogP contribution in [0.15, 0.2) is 5.11 Å². The van der Waals surface area contributed by atoms with E-state index in [9.17, 15) is 0 Å². The van der Waals surface area contributed by atoms with E-state index in [0.717, 1.165) is 12.8 Å². The maximum Gasteiger partial charge on any atom is 0.0432 e. The highest BCUT2D eigenvalue weighted by Crippen LogP contribution is 2.25. The smallest absolute Gasteiger partial charge is 0.0432 e. The molecule has 0 aliphatic heterocycles. The van der Waals surface area contributed by atoms with Crippen LogP contribution in [0.3, 0.4) is 0 Å². The lowest BCUT2D eigenvalue weighted by Gasteiger charge is -2.22. The first-order valence-electron chi connectivity index (χ1n) is 4.83.